The van der Waals surface area contributed by atoms with E-state index in [0.717, 1.165) is 11.3 Å². The number of allylic oxidation sites excluding steroid dienone is 1. The summed E-state index contributed by atoms with van der Waals surface area (Å²) in [5, 5.41) is 15.9. The van der Waals surface area contributed by atoms with Crippen LogP contribution in [0.3, 0.4) is 0 Å². The fourth-order valence-electron chi connectivity index (χ4n) is 1.83. The maximum Gasteiger partial charge on any atom is 0.226 e. The molecule has 2 aromatic rings. The van der Waals surface area contributed by atoms with Gasteiger partial charge in [-0.25, -0.2) is 0 Å². The zero-order valence-electron chi connectivity index (χ0n) is 13.7. The second-order valence-electron chi connectivity index (χ2n) is 6.34. The molecule has 0 saturated heterocycles. The van der Waals surface area contributed by atoms with Crippen LogP contribution >= 0.6 is 0 Å². The molecule has 1 aromatic carbocycles. The normalized spacial score (nSPS) is 11.9. The van der Waals surface area contributed by atoms with Gasteiger partial charge in [-0.3, -0.25) is 4.79 Å². The number of anilines is 1. The molecule has 1 N–H and O–H groups in total. The second kappa shape index (κ2) is 6.49. The lowest BCUT2D eigenvalue weighted by atomic mass is 9.93. The maximum atomic E-state index is 12.3. The molecule has 0 bridgehead atoms. The van der Waals surface area contributed by atoms with Gasteiger partial charge in [-0.2, -0.15) is 5.26 Å². The molecule has 0 fully saturated rings. The van der Waals surface area contributed by atoms with Crippen LogP contribution in [0, 0.1) is 18.3 Å². The third kappa shape index (κ3) is 4.07. The largest absolute Gasteiger partial charge is 0.360 e. The second-order valence-corrected chi connectivity index (χ2v) is 6.34. The highest BCUT2D eigenvalue weighted by Gasteiger charge is 2.23. The SMILES string of the molecule is Cc1ccc(NC=C(C#N)C(=O)c2cc(C(C)(C)C)on2)cc1. The zero-order chi connectivity index (χ0) is 17.0. The number of Topliss-reactive ketones (excluding diaryl/α,β-unsaturated/α-hetero) is 1. The number of rotatable bonds is 4. The predicted octanol–water partition coefficient (Wildman–Crippen LogP) is 3.98. The van der Waals surface area contributed by atoms with E-state index in [-0.39, 0.29) is 16.7 Å². The molecule has 0 aliphatic heterocycles. The highest BCUT2D eigenvalue weighted by molar-refractivity contribution is 6.10. The van der Waals surface area contributed by atoms with Gasteiger partial charge in [0, 0.05) is 23.4 Å². The zero-order valence-corrected chi connectivity index (χ0v) is 13.7. The number of aryl methyl sites for hydroxylation is 1. The summed E-state index contributed by atoms with van der Waals surface area (Å²) in [6.45, 7) is 7.87. The number of carbonyl (C=O) groups is 1. The maximum absolute atomic E-state index is 12.3. The van der Waals surface area contributed by atoms with Crippen molar-refractivity contribution in [3.63, 3.8) is 0 Å². The van der Waals surface area contributed by atoms with Crippen molar-refractivity contribution in [2.75, 3.05) is 5.32 Å². The number of hydrogen-bond donors (Lipinski definition) is 1. The summed E-state index contributed by atoms with van der Waals surface area (Å²) < 4.78 is 5.19. The Bertz CT molecular complexity index is 772. The van der Waals surface area contributed by atoms with E-state index in [1.807, 2.05) is 58.0 Å². The summed E-state index contributed by atoms with van der Waals surface area (Å²) in [6.07, 6.45) is 1.39. The van der Waals surface area contributed by atoms with Crippen LogP contribution in [-0.2, 0) is 5.41 Å². The van der Waals surface area contributed by atoms with Gasteiger partial charge < -0.3 is 9.84 Å². The molecule has 1 aromatic heterocycles. The first-order valence-electron chi connectivity index (χ1n) is 7.26. The minimum absolute atomic E-state index is 0.0284. The number of benzene rings is 1. The molecule has 0 aliphatic carbocycles. The molecular weight excluding hydrogens is 290 g/mol. The van der Waals surface area contributed by atoms with Crippen LogP contribution in [0.15, 0.2) is 46.6 Å². The molecule has 0 spiro atoms. The van der Waals surface area contributed by atoms with Crippen LogP contribution in [0.4, 0.5) is 5.69 Å². The molecule has 1 heterocycles. The topological polar surface area (TPSA) is 78.9 Å². The Morgan fingerprint density at radius 3 is 2.48 bits per heavy atom. The first-order chi connectivity index (χ1) is 10.8. The van der Waals surface area contributed by atoms with Gasteiger partial charge in [0.25, 0.3) is 0 Å². The average molecular weight is 309 g/mol. The number of aromatic nitrogens is 1. The van der Waals surface area contributed by atoms with E-state index in [2.05, 4.69) is 10.5 Å². The van der Waals surface area contributed by atoms with Crippen molar-refractivity contribution in [3.05, 3.63) is 59.1 Å². The smallest absolute Gasteiger partial charge is 0.226 e. The number of nitrogens with one attached hydrogen (secondary N) is 1. The van der Waals surface area contributed by atoms with Gasteiger partial charge in [-0.15, -0.1) is 0 Å². The Labute approximate surface area is 135 Å². The number of ketones is 1. The standard InChI is InChI=1S/C18H19N3O2/c1-12-5-7-14(8-6-12)20-11-13(10-19)17(22)15-9-16(23-21-15)18(2,3)4/h5-9,11,20H,1-4H3. The summed E-state index contributed by atoms with van der Waals surface area (Å²) in [7, 11) is 0. The summed E-state index contributed by atoms with van der Waals surface area (Å²) in [4.78, 5) is 12.3. The Balaban J connectivity index is 2.18. The lowest BCUT2D eigenvalue weighted by Gasteiger charge is -2.12. The lowest BCUT2D eigenvalue weighted by Crippen LogP contribution is -2.09. The van der Waals surface area contributed by atoms with Crippen molar-refractivity contribution in [2.24, 2.45) is 0 Å². The molecule has 0 aliphatic rings. The number of hydrogen-bond acceptors (Lipinski definition) is 5. The Hall–Kier alpha value is -2.87. The van der Waals surface area contributed by atoms with E-state index in [1.165, 1.54) is 6.20 Å². The molecule has 23 heavy (non-hydrogen) atoms. The third-order valence-electron chi connectivity index (χ3n) is 3.28. The van der Waals surface area contributed by atoms with Gasteiger partial charge in [0.2, 0.25) is 5.78 Å². The minimum atomic E-state index is -0.466. The molecule has 0 amide bonds. The van der Waals surface area contributed by atoms with E-state index in [1.54, 1.807) is 6.07 Å². The Morgan fingerprint density at radius 2 is 1.96 bits per heavy atom. The highest BCUT2D eigenvalue weighted by Crippen LogP contribution is 2.23. The molecule has 0 radical (unpaired) electrons. The van der Waals surface area contributed by atoms with Crippen LogP contribution in [0.1, 0.15) is 42.6 Å². The molecule has 0 unspecified atom stereocenters. The quantitative estimate of drug-likeness (QED) is 0.525. The van der Waals surface area contributed by atoms with Gasteiger partial charge in [-0.05, 0) is 19.1 Å². The van der Waals surface area contributed by atoms with Crippen molar-refractivity contribution >= 4 is 11.5 Å². The monoisotopic (exact) mass is 309 g/mol. The minimum Gasteiger partial charge on any atom is -0.360 e. The van der Waals surface area contributed by atoms with Crippen LogP contribution < -0.4 is 5.32 Å². The van der Waals surface area contributed by atoms with Crippen molar-refractivity contribution < 1.29 is 9.32 Å². The molecule has 5 heteroatoms. The fourth-order valence-corrected chi connectivity index (χ4v) is 1.83. The van der Waals surface area contributed by atoms with Crippen molar-refractivity contribution in [1.29, 1.82) is 5.26 Å². The first-order valence-corrected chi connectivity index (χ1v) is 7.26. The van der Waals surface area contributed by atoms with Crippen molar-refractivity contribution in [1.82, 2.24) is 5.16 Å². The molecule has 2 rings (SSSR count). The van der Waals surface area contributed by atoms with E-state index in [0.29, 0.717) is 5.76 Å². The Morgan fingerprint density at radius 1 is 1.30 bits per heavy atom. The van der Waals surface area contributed by atoms with Crippen LogP contribution in [0.2, 0.25) is 0 Å². The van der Waals surface area contributed by atoms with Crippen LogP contribution in [0.25, 0.3) is 0 Å². The molecular formula is C18H19N3O2. The molecule has 118 valence electrons. The van der Waals surface area contributed by atoms with E-state index >= 15 is 0 Å². The first kappa shape index (κ1) is 16.5. The summed E-state index contributed by atoms with van der Waals surface area (Å²) >= 11 is 0. The number of nitrogens with zero attached hydrogens (tertiary/aromatic N) is 2. The van der Waals surface area contributed by atoms with Crippen LogP contribution in [0.5, 0.6) is 0 Å². The predicted molar refractivity (Wildman–Crippen MR) is 88.0 cm³/mol. The summed E-state index contributed by atoms with van der Waals surface area (Å²) in [5.74, 6) is 0.135. The van der Waals surface area contributed by atoms with E-state index < -0.39 is 5.78 Å². The van der Waals surface area contributed by atoms with Gasteiger partial charge >= 0.3 is 0 Å². The van der Waals surface area contributed by atoms with Gasteiger partial charge in [0.15, 0.2) is 5.69 Å². The third-order valence-corrected chi connectivity index (χ3v) is 3.28. The van der Waals surface area contributed by atoms with E-state index in [4.69, 9.17) is 4.52 Å². The number of carbonyl (C=O) groups excluding carboxylic acids is 1. The molecule has 5 nitrogen and oxygen atoms in total. The van der Waals surface area contributed by atoms with Gasteiger partial charge in [-0.1, -0.05) is 43.6 Å². The molecule has 0 atom stereocenters. The summed E-state index contributed by atoms with van der Waals surface area (Å²) in [5.41, 5.74) is 1.79. The fraction of sp³-hybridized carbons (Fsp3) is 0.278. The summed E-state index contributed by atoms with van der Waals surface area (Å²) in [6, 6.07) is 11.1. The van der Waals surface area contributed by atoms with Gasteiger partial charge in [0.1, 0.15) is 17.4 Å². The van der Waals surface area contributed by atoms with Crippen molar-refractivity contribution in [2.45, 2.75) is 33.1 Å². The van der Waals surface area contributed by atoms with E-state index in [9.17, 15) is 10.1 Å². The van der Waals surface area contributed by atoms with Crippen molar-refractivity contribution in [3.8, 4) is 6.07 Å². The average Bonchev–Trinajstić information content (AvgIpc) is 2.99. The van der Waals surface area contributed by atoms with Gasteiger partial charge in [0.05, 0.1) is 0 Å². The lowest BCUT2D eigenvalue weighted by molar-refractivity contribution is 0.103. The van der Waals surface area contributed by atoms with Crippen LogP contribution in [-0.4, -0.2) is 10.9 Å². The molecule has 0 saturated carbocycles. The highest BCUT2D eigenvalue weighted by atomic mass is 16.5. The Kier molecular flexibility index (Phi) is 4.65. The number of nitriles is 1.